The van der Waals surface area contributed by atoms with Crippen molar-refractivity contribution in [1.29, 1.82) is 0 Å². The molecule has 0 bridgehead atoms. The van der Waals surface area contributed by atoms with Gasteiger partial charge in [0.05, 0.1) is 6.61 Å². The van der Waals surface area contributed by atoms with Gasteiger partial charge in [0.2, 0.25) is 0 Å². The Morgan fingerprint density at radius 2 is 1.73 bits per heavy atom. The molecule has 22 heavy (non-hydrogen) atoms. The average Bonchev–Trinajstić information content (AvgIpc) is 2.51. The highest BCUT2D eigenvalue weighted by Gasteiger charge is 2.30. The lowest BCUT2D eigenvalue weighted by atomic mass is 10.2. The Kier molecular flexibility index (Phi) is 5.61. The first-order valence-corrected chi connectivity index (χ1v) is 8.78. The van der Waals surface area contributed by atoms with Crippen LogP contribution in [0, 0.1) is 0 Å². The van der Waals surface area contributed by atoms with Crippen LogP contribution in [0.2, 0.25) is 0 Å². The normalized spacial score (nSPS) is 12.7. The van der Waals surface area contributed by atoms with E-state index in [1.165, 1.54) is 0 Å². The predicted octanol–water partition coefficient (Wildman–Crippen LogP) is 3.76. The summed E-state index contributed by atoms with van der Waals surface area (Å²) in [4.78, 5) is 19.2. The number of benzene rings is 2. The summed E-state index contributed by atoms with van der Waals surface area (Å²) >= 11 is 0. The van der Waals surface area contributed by atoms with E-state index in [9.17, 15) is 14.4 Å². The lowest BCUT2D eigenvalue weighted by Gasteiger charge is -2.21. The predicted molar refractivity (Wildman–Crippen MR) is 87.1 cm³/mol. The number of para-hydroxylation sites is 1. The van der Waals surface area contributed by atoms with Crippen molar-refractivity contribution < 1.29 is 19.1 Å². The van der Waals surface area contributed by atoms with Crippen molar-refractivity contribution in [2.24, 2.45) is 0 Å². The topological polar surface area (TPSA) is 78.8 Å². The average molecular weight is 321 g/mol. The fourth-order valence-electron chi connectivity index (χ4n) is 2.02. The van der Waals surface area contributed by atoms with Gasteiger partial charge in [-0.2, -0.15) is 0 Å². The van der Waals surface area contributed by atoms with E-state index < -0.39 is 13.4 Å². The molecule has 0 aliphatic carbocycles. The van der Waals surface area contributed by atoms with Crippen molar-refractivity contribution in [2.75, 3.05) is 11.9 Å². The SMILES string of the molecule is CCCOc1ccc([C@H](Nc2ccccc2)P(=O)(O)O)cc1. The number of hydrogen-bond acceptors (Lipinski definition) is 3. The highest BCUT2D eigenvalue weighted by atomic mass is 31.2. The smallest absolute Gasteiger partial charge is 0.352 e. The second-order valence-corrected chi connectivity index (χ2v) is 6.61. The zero-order chi connectivity index (χ0) is 16.0. The lowest BCUT2D eigenvalue weighted by Crippen LogP contribution is -2.11. The first kappa shape index (κ1) is 16.6. The summed E-state index contributed by atoms with van der Waals surface area (Å²) in [6.07, 6.45) is 0.905. The van der Waals surface area contributed by atoms with Crippen molar-refractivity contribution in [2.45, 2.75) is 19.1 Å². The fourth-order valence-corrected chi connectivity index (χ4v) is 2.90. The second-order valence-electron chi connectivity index (χ2n) is 4.92. The van der Waals surface area contributed by atoms with E-state index in [-0.39, 0.29) is 0 Å². The van der Waals surface area contributed by atoms with E-state index in [1.807, 2.05) is 13.0 Å². The van der Waals surface area contributed by atoms with Crippen molar-refractivity contribution in [3.05, 3.63) is 60.2 Å². The van der Waals surface area contributed by atoms with E-state index in [4.69, 9.17) is 4.74 Å². The molecule has 0 heterocycles. The van der Waals surface area contributed by atoms with Crippen molar-refractivity contribution in [1.82, 2.24) is 0 Å². The highest BCUT2D eigenvalue weighted by molar-refractivity contribution is 7.52. The quantitative estimate of drug-likeness (QED) is 0.677. The summed E-state index contributed by atoms with van der Waals surface area (Å²) in [6, 6.07) is 15.8. The van der Waals surface area contributed by atoms with Crippen LogP contribution >= 0.6 is 7.60 Å². The zero-order valence-corrected chi connectivity index (χ0v) is 13.2. The Labute approximate surface area is 130 Å². The molecule has 3 N–H and O–H groups in total. The molecule has 2 aromatic carbocycles. The van der Waals surface area contributed by atoms with Crippen LogP contribution < -0.4 is 10.1 Å². The van der Waals surface area contributed by atoms with Gasteiger partial charge >= 0.3 is 7.60 Å². The van der Waals surface area contributed by atoms with Crippen LogP contribution in [0.5, 0.6) is 5.75 Å². The van der Waals surface area contributed by atoms with Crippen LogP contribution in [0.25, 0.3) is 0 Å². The first-order valence-electron chi connectivity index (χ1n) is 7.10. The first-order chi connectivity index (χ1) is 10.5. The third kappa shape index (κ3) is 4.60. The van der Waals surface area contributed by atoms with E-state index in [0.29, 0.717) is 23.6 Å². The minimum absolute atomic E-state index is 0.515. The molecule has 0 aromatic heterocycles. The van der Waals surface area contributed by atoms with Crippen molar-refractivity contribution >= 4 is 13.3 Å². The number of nitrogens with one attached hydrogen (secondary N) is 1. The molecule has 0 aliphatic rings. The summed E-state index contributed by atoms with van der Waals surface area (Å²) < 4.78 is 17.3. The van der Waals surface area contributed by atoms with E-state index >= 15 is 0 Å². The molecule has 0 fully saturated rings. The van der Waals surface area contributed by atoms with Crippen LogP contribution in [0.15, 0.2) is 54.6 Å². The standard InChI is InChI=1S/C16H20NO4P/c1-2-12-21-15-10-8-13(9-11-15)16(22(18,19)20)17-14-6-4-3-5-7-14/h3-11,16-17H,2,12H2,1H3,(H2,18,19,20)/t16-/m1/s1. The third-order valence-corrected chi connectivity index (χ3v) is 4.18. The molecule has 1 atom stereocenters. The Morgan fingerprint density at radius 1 is 1.09 bits per heavy atom. The maximum atomic E-state index is 11.8. The highest BCUT2D eigenvalue weighted by Crippen LogP contribution is 2.51. The molecule has 0 saturated carbocycles. The summed E-state index contributed by atoms with van der Waals surface area (Å²) in [7, 11) is -4.35. The monoisotopic (exact) mass is 321 g/mol. The van der Waals surface area contributed by atoms with E-state index in [2.05, 4.69) is 5.32 Å². The molecule has 0 aliphatic heterocycles. The Balaban J connectivity index is 2.21. The molecule has 0 radical (unpaired) electrons. The molecule has 2 aromatic rings. The Hall–Kier alpha value is -1.81. The summed E-state index contributed by atoms with van der Waals surface area (Å²) in [5.41, 5.74) is 1.17. The van der Waals surface area contributed by atoms with Gasteiger partial charge in [-0.25, -0.2) is 0 Å². The minimum Gasteiger partial charge on any atom is -0.494 e. The molecule has 118 valence electrons. The number of ether oxygens (including phenoxy) is 1. The van der Waals surface area contributed by atoms with Gasteiger partial charge in [0.15, 0.2) is 5.78 Å². The van der Waals surface area contributed by atoms with Gasteiger partial charge in [-0.05, 0) is 36.2 Å². The zero-order valence-electron chi connectivity index (χ0n) is 12.3. The fraction of sp³-hybridized carbons (Fsp3) is 0.250. The molecule has 0 amide bonds. The molecule has 0 saturated heterocycles. The lowest BCUT2D eigenvalue weighted by molar-refractivity contribution is 0.317. The second kappa shape index (κ2) is 7.45. The molecule has 5 nitrogen and oxygen atoms in total. The van der Waals surface area contributed by atoms with Crippen LogP contribution in [0.4, 0.5) is 5.69 Å². The van der Waals surface area contributed by atoms with Gasteiger partial charge in [-0.15, -0.1) is 0 Å². The molecule has 0 spiro atoms. The largest absolute Gasteiger partial charge is 0.494 e. The van der Waals surface area contributed by atoms with Gasteiger partial charge in [0.1, 0.15) is 5.75 Å². The number of rotatable bonds is 7. The van der Waals surface area contributed by atoms with E-state index in [1.54, 1.807) is 48.5 Å². The molecule has 2 rings (SSSR count). The Bertz CT molecular complexity index is 624. The molecular weight excluding hydrogens is 301 g/mol. The maximum absolute atomic E-state index is 11.8. The van der Waals surface area contributed by atoms with Crippen molar-refractivity contribution in [3.8, 4) is 5.75 Å². The van der Waals surface area contributed by atoms with Crippen LogP contribution in [0.1, 0.15) is 24.7 Å². The summed E-state index contributed by atoms with van der Waals surface area (Å²) in [5, 5.41) is 2.89. The van der Waals surface area contributed by atoms with Crippen LogP contribution in [0.3, 0.4) is 0 Å². The minimum atomic E-state index is -4.35. The number of anilines is 1. The summed E-state index contributed by atoms with van der Waals surface area (Å²) in [5.74, 6) is -0.398. The van der Waals surface area contributed by atoms with Gasteiger partial charge in [0.25, 0.3) is 0 Å². The van der Waals surface area contributed by atoms with Gasteiger partial charge < -0.3 is 19.8 Å². The molecule has 0 unspecified atom stereocenters. The van der Waals surface area contributed by atoms with Crippen LogP contribution in [-0.2, 0) is 4.57 Å². The Morgan fingerprint density at radius 3 is 2.27 bits per heavy atom. The third-order valence-electron chi connectivity index (χ3n) is 3.08. The maximum Gasteiger partial charge on any atom is 0.352 e. The number of hydrogen-bond donors (Lipinski definition) is 3. The van der Waals surface area contributed by atoms with Gasteiger partial charge in [0, 0.05) is 5.69 Å². The van der Waals surface area contributed by atoms with Gasteiger partial charge in [-0.1, -0.05) is 37.3 Å². The van der Waals surface area contributed by atoms with Crippen molar-refractivity contribution in [3.63, 3.8) is 0 Å². The summed E-state index contributed by atoms with van der Waals surface area (Å²) in [6.45, 7) is 2.63. The van der Waals surface area contributed by atoms with E-state index in [0.717, 1.165) is 6.42 Å². The molecule has 6 heteroatoms. The van der Waals surface area contributed by atoms with Gasteiger partial charge in [-0.3, -0.25) is 4.57 Å². The molecular formula is C16H20NO4P. The van der Waals surface area contributed by atoms with Crippen LogP contribution in [-0.4, -0.2) is 16.4 Å².